The molecule has 1 aromatic rings. The van der Waals surface area contributed by atoms with E-state index in [1.807, 2.05) is 18.0 Å². The number of rotatable bonds is 3. The molecule has 96 valence electrons. The zero-order valence-electron chi connectivity index (χ0n) is 10.0. The number of hydrogen-bond acceptors (Lipinski definition) is 3. The molecule has 0 heterocycles. The Hall–Kier alpha value is -0.790. The fourth-order valence-corrected chi connectivity index (χ4v) is 3.11. The van der Waals surface area contributed by atoms with Crippen LogP contribution in [0.25, 0.3) is 0 Å². The molecule has 0 fully saturated rings. The van der Waals surface area contributed by atoms with E-state index in [4.69, 9.17) is 28.5 Å². The van der Waals surface area contributed by atoms with Gasteiger partial charge in [-0.05, 0) is 30.3 Å². The summed E-state index contributed by atoms with van der Waals surface area (Å²) in [5.41, 5.74) is 1.93. The van der Waals surface area contributed by atoms with Gasteiger partial charge in [0.1, 0.15) is 0 Å². The molecule has 5 heteroatoms. The minimum atomic E-state index is -0.500. The van der Waals surface area contributed by atoms with Crippen molar-refractivity contribution in [2.24, 2.45) is 0 Å². The van der Waals surface area contributed by atoms with Crippen LogP contribution in [0, 0.1) is 11.3 Å². The van der Waals surface area contributed by atoms with Crippen molar-refractivity contribution in [2.45, 2.75) is 25.0 Å². The van der Waals surface area contributed by atoms with Gasteiger partial charge in [0.2, 0.25) is 0 Å². The summed E-state index contributed by atoms with van der Waals surface area (Å²) in [6, 6.07) is 5.53. The van der Waals surface area contributed by atoms with Gasteiger partial charge in [0.25, 0.3) is 0 Å². The lowest BCUT2D eigenvalue weighted by Crippen LogP contribution is -2.31. The van der Waals surface area contributed by atoms with Gasteiger partial charge in [-0.1, -0.05) is 23.2 Å². The quantitative estimate of drug-likeness (QED) is 0.929. The molecule has 2 atom stereocenters. The third-order valence-electron chi connectivity index (χ3n) is 3.34. The highest BCUT2D eigenvalue weighted by molar-refractivity contribution is 6.35. The van der Waals surface area contributed by atoms with Crippen molar-refractivity contribution in [3.8, 4) is 6.07 Å². The lowest BCUT2D eigenvalue weighted by atomic mass is 10.1. The first-order valence-electron chi connectivity index (χ1n) is 5.77. The Kier molecular flexibility index (Phi) is 4.14. The van der Waals surface area contributed by atoms with Crippen molar-refractivity contribution in [1.82, 2.24) is 4.90 Å². The second-order valence-electron chi connectivity index (χ2n) is 4.56. The van der Waals surface area contributed by atoms with Crippen molar-refractivity contribution >= 4 is 23.2 Å². The Labute approximate surface area is 117 Å². The molecule has 0 amide bonds. The number of benzene rings is 1. The normalized spacial score (nSPS) is 22.0. The van der Waals surface area contributed by atoms with E-state index in [2.05, 4.69) is 6.07 Å². The average Bonchev–Trinajstić information content (AvgIpc) is 2.63. The molecule has 0 spiro atoms. The van der Waals surface area contributed by atoms with Crippen LogP contribution in [0.2, 0.25) is 10.0 Å². The van der Waals surface area contributed by atoms with Crippen LogP contribution in [0.4, 0.5) is 0 Å². The van der Waals surface area contributed by atoms with Gasteiger partial charge in [0.05, 0.1) is 18.2 Å². The first kappa shape index (κ1) is 13.6. The highest BCUT2D eigenvalue weighted by Gasteiger charge is 2.35. The van der Waals surface area contributed by atoms with Gasteiger partial charge in [0.15, 0.2) is 0 Å². The number of halogens is 2. The van der Waals surface area contributed by atoms with Gasteiger partial charge in [-0.25, -0.2) is 0 Å². The van der Waals surface area contributed by atoms with Crippen LogP contribution in [0.15, 0.2) is 12.1 Å². The molecule has 2 rings (SSSR count). The van der Waals surface area contributed by atoms with E-state index in [1.54, 1.807) is 6.07 Å². The summed E-state index contributed by atoms with van der Waals surface area (Å²) in [7, 11) is 1.90. The summed E-state index contributed by atoms with van der Waals surface area (Å²) in [5, 5.41) is 20.0. The second kappa shape index (κ2) is 5.46. The molecule has 1 aromatic carbocycles. The molecule has 0 saturated carbocycles. The van der Waals surface area contributed by atoms with Crippen LogP contribution < -0.4 is 0 Å². The molecule has 0 saturated heterocycles. The van der Waals surface area contributed by atoms with Crippen LogP contribution in [0.5, 0.6) is 0 Å². The molecule has 0 bridgehead atoms. The zero-order chi connectivity index (χ0) is 13.3. The van der Waals surface area contributed by atoms with Gasteiger partial charge < -0.3 is 5.11 Å². The molecule has 0 radical (unpaired) electrons. The molecule has 1 N–H and O–H groups in total. The van der Waals surface area contributed by atoms with Crippen LogP contribution in [0.3, 0.4) is 0 Å². The Morgan fingerprint density at radius 1 is 1.50 bits per heavy atom. The third-order valence-corrected chi connectivity index (χ3v) is 3.90. The van der Waals surface area contributed by atoms with E-state index < -0.39 is 6.10 Å². The maximum Gasteiger partial charge on any atom is 0.0777 e. The van der Waals surface area contributed by atoms with Gasteiger partial charge in [0, 0.05) is 29.4 Å². The van der Waals surface area contributed by atoms with Gasteiger partial charge >= 0.3 is 0 Å². The zero-order valence-corrected chi connectivity index (χ0v) is 11.5. The maximum atomic E-state index is 10.2. The van der Waals surface area contributed by atoms with Crippen molar-refractivity contribution < 1.29 is 5.11 Å². The predicted molar refractivity (Wildman–Crippen MR) is 71.8 cm³/mol. The van der Waals surface area contributed by atoms with Crippen molar-refractivity contribution in [3.63, 3.8) is 0 Å². The largest absolute Gasteiger partial charge is 0.391 e. The van der Waals surface area contributed by atoms with Crippen LogP contribution in [-0.2, 0) is 6.42 Å². The Balaban J connectivity index is 2.33. The van der Waals surface area contributed by atoms with Gasteiger partial charge in [-0.3, -0.25) is 4.90 Å². The van der Waals surface area contributed by atoms with Crippen molar-refractivity contribution in [1.29, 1.82) is 5.26 Å². The topological polar surface area (TPSA) is 47.3 Å². The van der Waals surface area contributed by atoms with Crippen LogP contribution >= 0.6 is 23.2 Å². The Morgan fingerprint density at radius 3 is 2.89 bits per heavy atom. The smallest absolute Gasteiger partial charge is 0.0777 e. The van der Waals surface area contributed by atoms with E-state index in [0.717, 1.165) is 11.1 Å². The summed E-state index contributed by atoms with van der Waals surface area (Å²) in [5.74, 6) is 0. The second-order valence-corrected chi connectivity index (χ2v) is 5.40. The summed E-state index contributed by atoms with van der Waals surface area (Å²) in [6.45, 7) is 0.613. The molecule has 1 aliphatic rings. The number of aliphatic hydroxyl groups is 1. The fourth-order valence-electron chi connectivity index (χ4n) is 2.53. The summed E-state index contributed by atoms with van der Waals surface area (Å²) >= 11 is 12.2. The summed E-state index contributed by atoms with van der Waals surface area (Å²) in [4.78, 5) is 1.98. The van der Waals surface area contributed by atoms with E-state index in [0.29, 0.717) is 29.4 Å². The van der Waals surface area contributed by atoms with Crippen LogP contribution in [0.1, 0.15) is 23.6 Å². The SMILES string of the molecule is CN(CCC#N)[C@@H]1c2cc(Cl)cc(Cl)c2C[C@@H]1O. The van der Waals surface area contributed by atoms with Crippen LogP contribution in [-0.4, -0.2) is 29.7 Å². The minimum Gasteiger partial charge on any atom is -0.391 e. The van der Waals surface area contributed by atoms with E-state index in [-0.39, 0.29) is 6.04 Å². The highest BCUT2D eigenvalue weighted by atomic mass is 35.5. The first-order valence-corrected chi connectivity index (χ1v) is 6.53. The number of aliphatic hydroxyl groups excluding tert-OH is 1. The summed E-state index contributed by atoms with van der Waals surface area (Å²) < 4.78 is 0. The molecule has 0 aromatic heterocycles. The maximum absolute atomic E-state index is 10.2. The molecular formula is C13H14Cl2N2O. The lowest BCUT2D eigenvalue weighted by molar-refractivity contribution is 0.0776. The minimum absolute atomic E-state index is 0.135. The van der Waals surface area contributed by atoms with Gasteiger partial charge in [-0.2, -0.15) is 5.26 Å². The molecule has 0 aliphatic heterocycles. The molecular weight excluding hydrogens is 271 g/mol. The fraction of sp³-hybridized carbons (Fsp3) is 0.462. The third kappa shape index (κ3) is 2.48. The predicted octanol–water partition coefficient (Wildman–Crippen LogP) is 2.80. The van der Waals surface area contributed by atoms with Crippen molar-refractivity contribution in [2.75, 3.05) is 13.6 Å². The number of likely N-dealkylation sites (N-methyl/N-ethyl adjacent to an activating group) is 1. The molecule has 0 unspecified atom stereocenters. The molecule has 18 heavy (non-hydrogen) atoms. The van der Waals surface area contributed by atoms with E-state index in [9.17, 15) is 5.11 Å². The van der Waals surface area contributed by atoms with E-state index in [1.165, 1.54) is 0 Å². The number of nitrogens with zero attached hydrogens (tertiary/aromatic N) is 2. The molecule has 1 aliphatic carbocycles. The van der Waals surface area contributed by atoms with Gasteiger partial charge in [-0.15, -0.1) is 0 Å². The first-order chi connectivity index (χ1) is 8.54. The van der Waals surface area contributed by atoms with E-state index >= 15 is 0 Å². The lowest BCUT2D eigenvalue weighted by Gasteiger charge is -2.27. The standard InChI is InChI=1S/C13H14Cl2N2O/c1-17(4-2-3-16)13-10-5-8(14)6-11(15)9(10)7-12(13)18/h5-6,12-13,18H,2,4,7H2,1H3/t12-,13+/m0/s1. The Bertz CT molecular complexity index is 498. The average molecular weight is 285 g/mol. The monoisotopic (exact) mass is 284 g/mol. The summed E-state index contributed by atoms with van der Waals surface area (Å²) in [6.07, 6.45) is 0.468. The number of nitriles is 1. The molecule has 3 nitrogen and oxygen atoms in total. The van der Waals surface area contributed by atoms with Crippen molar-refractivity contribution in [3.05, 3.63) is 33.3 Å². The highest BCUT2D eigenvalue weighted by Crippen LogP contribution is 2.40. The number of hydrogen-bond donors (Lipinski definition) is 1. The number of fused-ring (bicyclic) bond motifs is 1. The Morgan fingerprint density at radius 2 is 2.22 bits per heavy atom.